The number of thioether (sulfide) groups is 1. The first kappa shape index (κ1) is 20.3. The van der Waals surface area contributed by atoms with Crippen LogP contribution in [-0.4, -0.2) is 20.9 Å². The number of para-hydroxylation sites is 1. The van der Waals surface area contributed by atoms with E-state index in [2.05, 4.69) is 27.4 Å². The lowest BCUT2D eigenvalue weighted by molar-refractivity contribution is 0.225. The number of aromatic nitrogens is 3. The Morgan fingerprint density at radius 1 is 1.10 bits per heavy atom. The average molecular weight is 447 g/mol. The topological polar surface area (TPSA) is 59.9 Å². The van der Waals surface area contributed by atoms with Crippen LogP contribution >= 0.6 is 35.0 Å². The van der Waals surface area contributed by atoms with Gasteiger partial charge in [0.25, 0.3) is 0 Å². The molecule has 2 aromatic carbocycles. The monoisotopic (exact) mass is 446 g/mol. The molecule has 0 amide bonds. The van der Waals surface area contributed by atoms with Crippen molar-refractivity contribution in [2.45, 2.75) is 37.6 Å². The number of ether oxygens (including phenoxy) is 1. The van der Waals surface area contributed by atoms with E-state index in [1.807, 2.05) is 30.3 Å². The Kier molecular flexibility index (Phi) is 6.43. The fraction of sp³-hybridized carbons (Fsp3) is 0.286. The molecule has 2 heterocycles. The molecule has 5 nitrogen and oxygen atoms in total. The smallest absolute Gasteiger partial charge is 0.247 e. The molecule has 1 N–H and O–H groups in total. The van der Waals surface area contributed by atoms with Crippen molar-refractivity contribution >= 4 is 40.7 Å². The van der Waals surface area contributed by atoms with Crippen molar-refractivity contribution in [1.29, 1.82) is 0 Å². The fourth-order valence-electron chi connectivity index (χ4n) is 3.08. The number of nitrogens with one attached hydrogen (secondary N) is 1. The summed E-state index contributed by atoms with van der Waals surface area (Å²) < 4.78 is 6.25. The quantitative estimate of drug-likeness (QED) is 0.338. The van der Waals surface area contributed by atoms with Crippen LogP contribution in [0, 0.1) is 0 Å². The van der Waals surface area contributed by atoms with Gasteiger partial charge in [-0.05, 0) is 24.6 Å². The molecule has 0 aliphatic carbocycles. The van der Waals surface area contributed by atoms with E-state index < -0.39 is 6.23 Å². The third kappa shape index (κ3) is 4.60. The van der Waals surface area contributed by atoms with E-state index in [-0.39, 0.29) is 0 Å². The highest BCUT2D eigenvalue weighted by atomic mass is 35.5. The Morgan fingerprint density at radius 2 is 1.97 bits per heavy atom. The molecule has 29 heavy (non-hydrogen) atoms. The maximum Gasteiger partial charge on any atom is 0.247 e. The minimum absolute atomic E-state index is 0.437. The molecule has 0 bridgehead atoms. The molecular formula is C21H20Cl2N4OS. The number of anilines is 1. The highest BCUT2D eigenvalue weighted by Gasteiger charge is 2.27. The van der Waals surface area contributed by atoms with Gasteiger partial charge in [0.05, 0.1) is 5.02 Å². The normalized spacial score (nSPS) is 14.9. The van der Waals surface area contributed by atoms with Gasteiger partial charge in [-0.2, -0.15) is 4.98 Å². The zero-order chi connectivity index (χ0) is 20.2. The van der Waals surface area contributed by atoms with Crippen molar-refractivity contribution in [1.82, 2.24) is 15.2 Å². The van der Waals surface area contributed by atoms with Crippen LogP contribution in [-0.2, 0) is 0 Å². The minimum atomic E-state index is -0.531. The Balaban J connectivity index is 1.70. The summed E-state index contributed by atoms with van der Waals surface area (Å²) >= 11 is 14.1. The van der Waals surface area contributed by atoms with Gasteiger partial charge in [-0.3, -0.25) is 0 Å². The standard InChI is InChI=1S/C21H20Cl2N4OS/c1-2-3-6-11-29-21-25-20-18(26-27-21)15-7-4-5-8-17(15)24-19(28-20)14-10-9-13(22)12-16(14)23/h4-5,7-10,12,19,24H,2-3,6,11H2,1H3. The number of unbranched alkanes of at least 4 members (excludes halogenated alkanes) is 2. The van der Waals surface area contributed by atoms with E-state index in [0.717, 1.165) is 29.0 Å². The second-order valence-corrected chi connectivity index (χ2v) is 8.56. The average Bonchev–Trinajstić information content (AvgIpc) is 2.87. The van der Waals surface area contributed by atoms with Crippen molar-refractivity contribution in [3.05, 3.63) is 58.1 Å². The van der Waals surface area contributed by atoms with E-state index in [1.54, 1.807) is 23.9 Å². The number of hydrogen-bond donors (Lipinski definition) is 1. The van der Waals surface area contributed by atoms with Crippen molar-refractivity contribution in [3.8, 4) is 17.1 Å². The van der Waals surface area contributed by atoms with E-state index in [9.17, 15) is 0 Å². The van der Waals surface area contributed by atoms with Crippen molar-refractivity contribution in [2.24, 2.45) is 0 Å². The predicted octanol–water partition coefficient (Wildman–Crippen LogP) is 6.63. The van der Waals surface area contributed by atoms with Gasteiger partial charge in [0.2, 0.25) is 11.0 Å². The first-order valence-electron chi connectivity index (χ1n) is 9.50. The lowest BCUT2D eigenvalue weighted by Gasteiger charge is -2.20. The molecule has 150 valence electrons. The summed E-state index contributed by atoms with van der Waals surface area (Å²) in [5.74, 6) is 1.39. The minimum Gasteiger partial charge on any atom is -0.448 e. The molecular weight excluding hydrogens is 427 g/mol. The molecule has 1 atom stereocenters. The first-order valence-corrected chi connectivity index (χ1v) is 11.2. The largest absolute Gasteiger partial charge is 0.448 e. The van der Waals surface area contributed by atoms with Gasteiger partial charge in [-0.1, -0.05) is 79.0 Å². The second-order valence-electron chi connectivity index (χ2n) is 6.66. The van der Waals surface area contributed by atoms with Gasteiger partial charge in [-0.15, -0.1) is 10.2 Å². The first-order chi connectivity index (χ1) is 14.2. The lowest BCUT2D eigenvalue weighted by Crippen LogP contribution is -2.17. The Labute approximate surface area is 184 Å². The van der Waals surface area contributed by atoms with Crippen LogP contribution in [0.25, 0.3) is 11.3 Å². The third-order valence-electron chi connectivity index (χ3n) is 4.56. The summed E-state index contributed by atoms with van der Waals surface area (Å²) in [5.41, 5.74) is 3.15. The van der Waals surface area contributed by atoms with Gasteiger partial charge in [0.1, 0.15) is 0 Å². The molecule has 1 aliphatic rings. The van der Waals surface area contributed by atoms with E-state index in [4.69, 9.17) is 27.9 Å². The van der Waals surface area contributed by atoms with Crippen LogP contribution < -0.4 is 10.1 Å². The zero-order valence-corrected chi connectivity index (χ0v) is 18.2. The van der Waals surface area contributed by atoms with Crippen LogP contribution in [0.5, 0.6) is 5.88 Å². The Morgan fingerprint density at radius 3 is 2.79 bits per heavy atom. The van der Waals surface area contributed by atoms with Gasteiger partial charge >= 0.3 is 0 Å². The summed E-state index contributed by atoms with van der Waals surface area (Å²) in [7, 11) is 0. The number of fused-ring (bicyclic) bond motifs is 3. The summed E-state index contributed by atoms with van der Waals surface area (Å²) in [6.07, 6.45) is 2.96. The molecule has 0 spiro atoms. The van der Waals surface area contributed by atoms with Crippen molar-refractivity contribution in [2.75, 3.05) is 11.1 Å². The summed E-state index contributed by atoms with van der Waals surface area (Å²) in [6.45, 7) is 2.19. The van der Waals surface area contributed by atoms with Crippen LogP contribution in [0.2, 0.25) is 10.0 Å². The van der Waals surface area contributed by atoms with Crippen LogP contribution in [0.3, 0.4) is 0 Å². The molecule has 1 aliphatic heterocycles. The number of rotatable bonds is 6. The van der Waals surface area contributed by atoms with Crippen molar-refractivity contribution in [3.63, 3.8) is 0 Å². The summed E-state index contributed by atoms with van der Waals surface area (Å²) in [6, 6.07) is 13.2. The molecule has 0 saturated carbocycles. The van der Waals surface area contributed by atoms with Crippen molar-refractivity contribution < 1.29 is 4.74 Å². The van der Waals surface area contributed by atoms with Crippen LogP contribution in [0.15, 0.2) is 47.6 Å². The Bertz CT molecular complexity index is 1020. The SMILES string of the molecule is CCCCCSc1nnc2c(n1)OC(c1ccc(Cl)cc1Cl)Nc1ccccc1-2. The van der Waals surface area contributed by atoms with Gasteiger partial charge < -0.3 is 10.1 Å². The molecule has 0 saturated heterocycles. The van der Waals surface area contributed by atoms with Gasteiger partial charge in [0, 0.05) is 27.6 Å². The second kappa shape index (κ2) is 9.20. The van der Waals surface area contributed by atoms with Crippen LogP contribution in [0.4, 0.5) is 5.69 Å². The van der Waals surface area contributed by atoms with E-state index in [0.29, 0.717) is 26.8 Å². The fourth-order valence-corrected chi connectivity index (χ4v) is 4.36. The van der Waals surface area contributed by atoms with Gasteiger partial charge in [0.15, 0.2) is 11.9 Å². The third-order valence-corrected chi connectivity index (χ3v) is 6.04. The maximum atomic E-state index is 6.44. The van der Waals surface area contributed by atoms with Gasteiger partial charge in [-0.25, -0.2) is 0 Å². The zero-order valence-electron chi connectivity index (χ0n) is 15.9. The highest BCUT2D eigenvalue weighted by molar-refractivity contribution is 7.99. The number of nitrogens with zero attached hydrogens (tertiary/aromatic N) is 3. The molecule has 8 heteroatoms. The molecule has 1 unspecified atom stereocenters. The number of halogens is 2. The molecule has 4 rings (SSSR count). The molecule has 3 aromatic rings. The molecule has 0 radical (unpaired) electrons. The number of hydrogen-bond acceptors (Lipinski definition) is 6. The predicted molar refractivity (Wildman–Crippen MR) is 119 cm³/mol. The highest BCUT2D eigenvalue weighted by Crippen LogP contribution is 2.40. The van der Waals surface area contributed by atoms with Crippen LogP contribution in [0.1, 0.15) is 38.0 Å². The summed E-state index contributed by atoms with van der Waals surface area (Å²) in [4.78, 5) is 4.65. The van der Waals surface area contributed by atoms with E-state index >= 15 is 0 Å². The Hall–Kier alpha value is -2.02. The number of benzene rings is 2. The van der Waals surface area contributed by atoms with E-state index in [1.165, 1.54) is 12.8 Å². The molecule has 1 aromatic heterocycles. The molecule has 0 fully saturated rings. The summed E-state index contributed by atoms with van der Waals surface area (Å²) in [5, 5.41) is 13.8. The maximum absolute atomic E-state index is 6.44. The lowest BCUT2D eigenvalue weighted by atomic mass is 10.1.